The van der Waals surface area contributed by atoms with Crippen LogP contribution in [0, 0.1) is 11.8 Å². The first-order valence-electron chi connectivity index (χ1n) is 8.41. The zero-order chi connectivity index (χ0) is 16.9. The van der Waals surface area contributed by atoms with Gasteiger partial charge in [0.15, 0.2) is 0 Å². The Balaban J connectivity index is 1.65. The first kappa shape index (κ1) is 16.9. The first-order chi connectivity index (χ1) is 11.6. The van der Waals surface area contributed by atoms with Crippen molar-refractivity contribution in [2.45, 2.75) is 19.3 Å². The molecule has 1 amide bonds. The highest BCUT2D eigenvalue weighted by Crippen LogP contribution is 2.29. The zero-order valence-electron chi connectivity index (χ0n) is 13.6. The van der Waals surface area contributed by atoms with Gasteiger partial charge in [-0.05, 0) is 30.9 Å². The number of hydrogen-bond acceptors (Lipinski definition) is 4. The van der Waals surface area contributed by atoms with E-state index in [2.05, 4.69) is 0 Å². The summed E-state index contributed by atoms with van der Waals surface area (Å²) in [5.41, 5.74) is 1.71. The Kier molecular flexibility index (Phi) is 5.48. The van der Waals surface area contributed by atoms with Crippen LogP contribution in [0.15, 0.2) is 24.3 Å². The van der Waals surface area contributed by atoms with Crippen LogP contribution in [0.2, 0.25) is 0 Å². The molecule has 2 unspecified atom stereocenters. The summed E-state index contributed by atoms with van der Waals surface area (Å²) < 4.78 is 10.9. The number of carbonyl (C=O) groups is 2. The van der Waals surface area contributed by atoms with Crippen molar-refractivity contribution in [1.29, 1.82) is 0 Å². The van der Waals surface area contributed by atoms with E-state index in [-0.39, 0.29) is 12.5 Å². The van der Waals surface area contributed by atoms with E-state index in [4.69, 9.17) is 9.47 Å². The minimum absolute atomic E-state index is 0.0164. The number of carbonyl (C=O) groups excluding carboxylic acids is 1. The quantitative estimate of drug-likeness (QED) is 0.888. The van der Waals surface area contributed by atoms with Gasteiger partial charge >= 0.3 is 5.97 Å². The number of anilines is 1. The number of hydrogen-bond donors (Lipinski definition) is 1. The number of para-hydroxylation sites is 1. The molecule has 2 aliphatic rings. The Morgan fingerprint density at radius 3 is 2.88 bits per heavy atom. The van der Waals surface area contributed by atoms with Crippen molar-refractivity contribution >= 4 is 17.6 Å². The number of aliphatic carboxylic acids is 1. The molecule has 2 aliphatic heterocycles. The SMILES string of the molecule is O=C(O)C1CCN(C(=O)COCC2CCOC2)c2ccccc2C1. The van der Waals surface area contributed by atoms with Crippen LogP contribution in [0.1, 0.15) is 18.4 Å². The van der Waals surface area contributed by atoms with Crippen molar-refractivity contribution in [3.8, 4) is 0 Å². The molecule has 2 heterocycles. The molecule has 1 saturated heterocycles. The summed E-state index contributed by atoms with van der Waals surface area (Å²) in [4.78, 5) is 25.6. The molecule has 3 rings (SSSR count). The lowest BCUT2D eigenvalue weighted by atomic mass is 9.97. The number of fused-ring (bicyclic) bond motifs is 1. The lowest BCUT2D eigenvalue weighted by Gasteiger charge is -2.23. The van der Waals surface area contributed by atoms with Crippen molar-refractivity contribution in [2.24, 2.45) is 11.8 Å². The molecule has 6 nitrogen and oxygen atoms in total. The monoisotopic (exact) mass is 333 g/mol. The highest BCUT2D eigenvalue weighted by molar-refractivity contribution is 5.95. The third-order valence-corrected chi connectivity index (χ3v) is 4.70. The summed E-state index contributed by atoms with van der Waals surface area (Å²) in [7, 11) is 0. The van der Waals surface area contributed by atoms with Crippen molar-refractivity contribution in [1.82, 2.24) is 0 Å². The second-order valence-corrected chi connectivity index (χ2v) is 6.45. The van der Waals surface area contributed by atoms with Gasteiger partial charge in [-0.3, -0.25) is 9.59 Å². The highest BCUT2D eigenvalue weighted by Gasteiger charge is 2.28. The van der Waals surface area contributed by atoms with E-state index in [1.807, 2.05) is 24.3 Å². The molecule has 130 valence electrons. The van der Waals surface area contributed by atoms with E-state index < -0.39 is 11.9 Å². The summed E-state index contributed by atoms with van der Waals surface area (Å²) in [5, 5.41) is 9.34. The highest BCUT2D eigenvalue weighted by atomic mass is 16.5. The summed E-state index contributed by atoms with van der Waals surface area (Å²) in [6.45, 7) is 2.41. The van der Waals surface area contributed by atoms with Gasteiger partial charge in [0, 0.05) is 24.8 Å². The van der Waals surface area contributed by atoms with E-state index in [1.165, 1.54) is 0 Å². The molecule has 1 N–H and O–H groups in total. The Hall–Kier alpha value is -1.92. The summed E-state index contributed by atoms with van der Waals surface area (Å²) in [5.74, 6) is -1.02. The molecule has 1 aromatic carbocycles. The van der Waals surface area contributed by atoms with E-state index >= 15 is 0 Å². The Labute approximate surface area is 141 Å². The van der Waals surface area contributed by atoms with Crippen LogP contribution in [0.3, 0.4) is 0 Å². The maximum absolute atomic E-state index is 12.6. The van der Waals surface area contributed by atoms with E-state index in [1.54, 1.807) is 4.90 Å². The molecule has 0 bridgehead atoms. The average Bonchev–Trinajstić information content (AvgIpc) is 3.00. The minimum Gasteiger partial charge on any atom is -0.481 e. The summed E-state index contributed by atoms with van der Waals surface area (Å²) in [6, 6.07) is 7.52. The topological polar surface area (TPSA) is 76.1 Å². The molecule has 6 heteroatoms. The predicted molar refractivity (Wildman–Crippen MR) is 88.0 cm³/mol. The normalized spacial score (nSPS) is 23.6. The van der Waals surface area contributed by atoms with Crippen LogP contribution in [-0.2, 0) is 25.5 Å². The van der Waals surface area contributed by atoms with Gasteiger partial charge in [0.2, 0.25) is 0 Å². The number of ether oxygens (including phenoxy) is 2. The van der Waals surface area contributed by atoms with Crippen LogP contribution in [0.4, 0.5) is 5.69 Å². The fourth-order valence-electron chi connectivity index (χ4n) is 3.30. The molecular weight excluding hydrogens is 310 g/mol. The zero-order valence-corrected chi connectivity index (χ0v) is 13.6. The fourth-order valence-corrected chi connectivity index (χ4v) is 3.30. The number of nitrogens with zero attached hydrogens (tertiary/aromatic N) is 1. The molecule has 2 atom stereocenters. The number of carboxylic acid groups (broad SMARTS) is 1. The molecule has 1 aromatic rings. The minimum atomic E-state index is -0.809. The van der Waals surface area contributed by atoms with Gasteiger partial charge in [0.1, 0.15) is 6.61 Å². The van der Waals surface area contributed by atoms with Crippen LogP contribution in [-0.4, -0.2) is 50.0 Å². The molecule has 0 spiro atoms. The Morgan fingerprint density at radius 2 is 2.12 bits per heavy atom. The maximum Gasteiger partial charge on any atom is 0.306 e. The lowest BCUT2D eigenvalue weighted by molar-refractivity contribution is -0.141. The van der Waals surface area contributed by atoms with Crippen molar-refractivity contribution < 1.29 is 24.2 Å². The lowest BCUT2D eigenvalue weighted by Crippen LogP contribution is -2.35. The van der Waals surface area contributed by atoms with Crippen LogP contribution in [0.5, 0.6) is 0 Å². The van der Waals surface area contributed by atoms with E-state index in [0.717, 1.165) is 24.3 Å². The van der Waals surface area contributed by atoms with Gasteiger partial charge in [0.05, 0.1) is 19.1 Å². The second-order valence-electron chi connectivity index (χ2n) is 6.45. The van der Waals surface area contributed by atoms with Gasteiger partial charge in [-0.2, -0.15) is 0 Å². The Bertz CT molecular complexity index is 597. The van der Waals surface area contributed by atoms with Crippen LogP contribution >= 0.6 is 0 Å². The molecular formula is C18H23NO5. The van der Waals surface area contributed by atoms with Gasteiger partial charge in [-0.25, -0.2) is 0 Å². The van der Waals surface area contributed by atoms with E-state index in [9.17, 15) is 14.7 Å². The summed E-state index contributed by atoms with van der Waals surface area (Å²) >= 11 is 0. The third-order valence-electron chi connectivity index (χ3n) is 4.70. The van der Waals surface area contributed by atoms with E-state index in [0.29, 0.717) is 38.5 Å². The largest absolute Gasteiger partial charge is 0.481 e. The second kappa shape index (κ2) is 7.77. The fraction of sp³-hybridized carbons (Fsp3) is 0.556. The van der Waals surface area contributed by atoms with Gasteiger partial charge < -0.3 is 19.5 Å². The smallest absolute Gasteiger partial charge is 0.306 e. The number of rotatable bonds is 5. The van der Waals surface area contributed by atoms with Gasteiger partial charge in [-0.1, -0.05) is 18.2 Å². The molecule has 0 saturated carbocycles. The number of benzene rings is 1. The molecule has 0 radical (unpaired) electrons. The van der Waals surface area contributed by atoms with Crippen molar-refractivity contribution in [3.05, 3.63) is 29.8 Å². The third kappa shape index (κ3) is 3.94. The van der Waals surface area contributed by atoms with Crippen molar-refractivity contribution in [3.63, 3.8) is 0 Å². The Morgan fingerprint density at radius 1 is 1.29 bits per heavy atom. The average molecular weight is 333 g/mol. The van der Waals surface area contributed by atoms with Gasteiger partial charge in [-0.15, -0.1) is 0 Å². The van der Waals surface area contributed by atoms with Crippen LogP contribution < -0.4 is 4.90 Å². The standard InChI is InChI=1S/C18H23NO5/c20-17(12-24-11-13-6-8-23-10-13)19-7-5-15(18(21)22)9-14-3-1-2-4-16(14)19/h1-4,13,15H,5-12H2,(H,21,22). The molecule has 0 aliphatic carbocycles. The molecule has 1 fully saturated rings. The number of amides is 1. The molecule has 24 heavy (non-hydrogen) atoms. The first-order valence-corrected chi connectivity index (χ1v) is 8.41. The van der Waals surface area contributed by atoms with Gasteiger partial charge in [0.25, 0.3) is 5.91 Å². The van der Waals surface area contributed by atoms with Crippen LogP contribution in [0.25, 0.3) is 0 Å². The molecule has 0 aromatic heterocycles. The summed E-state index contributed by atoms with van der Waals surface area (Å²) in [6.07, 6.45) is 1.88. The number of carboxylic acids is 1. The maximum atomic E-state index is 12.6. The van der Waals surface area contributed by atoms with Crippen molar-refractivity contribution in [2.75, 3.05) is 37.9 Å². The predicted octanol–water partition coefficient (Wildman–Crippen LogP) is 1.72.